The summed E-state index contributed by atoms with van der Waals surface area (Å²) >= 11 is 0. The minimum atomic E-state index is 0.433. The molecule has 1 aliphatic carbocycles. The molecule has 1 N–H and O–H groups in total. The van der Waals surface area contributed by atoms with Crippen molar-refractivity contribution in [1.82, 2.24) is 5.32 Å². The predicted molar refractivity (Wildman–Crippen MR) is 89.8 cm³/mol. The van der Waals surface area contributed by atoms with Crippen LogP contribution in [0, 0.1) is 11.8 Å². The van der Waals surface area contributed by atoms with Crippen LogP contribution in [0.4, 0.5) is 0 Å². The Labute approximate surface area is 130 Å². The van der Waals surface area contributed by atoms with Crippen LogP contribution in [-0.2, 0) is 0 Å². The van der Waals surface area contributed by atoms with Crippen LogP contribution in [0.5, 0.6) is 5.75 Å². The van der Waals surface area contributed by atoms with Gasteiger partial charge in [0, 0.05) is 11.6 Å². The first kappa shape index (κ1) is 16.4. The maximum Gasteiger partial charge on any atom is 0.124 e. The molecule has 0 radical (unpaired) electrons. The van der Waals surface area contributed by atoms with Gasteiger partial charge in [-0.25, -0.2) is 0 Å². The second-order valence-corrected chi connectivity index (χ2v) is 6.12. The zero-order valence-corrected chi connectivity index (χ0v) is 13.9. The Morgan fingerprint density at radius 2 is 1.90 bits per heavy atom. The third-order valence-corrected chi connectivity index (χ3v) is 4.90. The predicted octanol–water partition coefficient (Wildman–Crippen LogP) is 4.95. The van der Waals surface area contributed by atoms with Crippen LogP contribution < -0.4 is 10.1 Å². The lowest BCUT2D eigenvalue weighted by molar-refractivity contribution is 0.174. The molecule has 118 valence electrons. The van der Waals surface area contributed by atoms with Gasteiger partial charge in [0.05, 0.1) is 6.61 Å². The van der Waals surface area contributed by atoms with Crippen molar-refractivity contribution in [2.24, 2.45) is 11.8 Å². The molecule has 1 fully saturated rings. The van der Waals surface area contributed by atoms with Gasteiger partial charge in [0.15, 0.2) is 0 Å². The smallest absolute Gasteiger partial charge is 0.124 e. The zero-order valence-electron chi connectivity index (χ0n) is 13.9. The highest BCUT2D eigenvalue weighted by molar-refractivity contribution is 5.36. The van der Waals surface area contributed by atoms with Crippen LogP contribution in [-0.4, -0.2) is 13.2 Å². The first-order valence-electron chi connectivity index (χ1n) is 8.76. The van der Waals surface area contributed by atoms with Crippen LogP contribution in [0.15, 0.2) is 24.3 Å². The van der Waals surface area contributed by atoms with Crippen molar-refractivity contribution >= 4 is 0 Å². The zero-order chi connectivity index (χ0) is 15.1. The van der Waals surface area contributed by atoms with Crippen LogP contribution in [0.3, 0.4) is 0 Å². The molecule has 21 heavy (non-hydrogen) atoms. The summed E-state index contributed by atoms with van der Waals surface area (Å²) in [6, 6.07) is 9.02. The molecule has 1 aliphatic rings. The minimum Gasteiger partial charge on any atom is -0.494 e. The average molecular weight is 289 g/mol. The molecule has 0 aliphatic heterocycles. The van der Waals surface area contributed by atoms with Crippen LogP contribution >= 0.6 is 0 Å². The van der Waals surface area contributed by atoms with Crippen molar-refractivity contribution < 1.29 is 4.74 Å². The number of ether oxygens (including phenoxy) is 1. The van der Waals surface area contributed by atoms with E-state index in [1.807, 2.05) is 0 Å². The van der Waals surface area contributed by atoms with Gasteiger partial charge in [-0.15, -0.1) is 0 Å². The molecule has 3 atom stereocenters. The van der Waals surface area contributed by atoms with Gasteiger partial charge < -0.3 is 10.1 Å². The van der Waals surface area contributed by atoms with E-state index in [-0.39, 0.29) is 0 Å². The quantitative estimate of drug-likeness (QED) is 0.766. The minimum absolute atomic E-state index is 0.433. The molecule has 0 aromatic heterocycles. The fraction of sp³-hybridized carbons (Fsp3) is 0.684. The normalized spacial score (nSPS) is 23.8. The second kappa shape index (κ2) is 8.43. The molecule has 0 spiro atoms. The molecule has 1 aromatic carbocycles. The number of para-hydroxylation sites is 1. The summed E-state index contributed by atoms with van der Waals surface area (Å²) in [5.41, 5.74) is 1.35. The van der Waals surface area contributed by atoms with Gasteiger partial charge in [0.25, 0.3) is 0 Å². The maximum atomic E-state index is 5.88. The van der Waals surface area contributed by atoms with E-state index >= 15 is 0 Å². The van der Waals surface area contributed by atoms with Gasteiger partial charge in [-0.1, -0.05) is 57.7 Å². The molecule has 0 saturated heterocycles. The number of benzene rings is 1. The van der Waals surface area contributed by atoms with E-state index in [1.165, 1.54) is 37.7 Å². The fourth-order valence-corrected chi connectivity index (χ4v) is 3.92. The van der Waals surface area contributed by atoms with Gasteiger partial charge in [0.2, 0.25) is 0 Å². The highest BCUT2D eigenvalue weighted by atomic mass is 16.5. The summed E-state index contributed by atoms with van der Waals surface area (Å²) in [5.74, 6) is 2.65. The van der Waals surface area contributed by atoms with Crippen molar-refractivity contribution in [2.75, 3.05) is 13.2 Å². The Balaban J connectivity index is 2.29. The first-order valence-corrected chi connectivity index (χ1v) is 8.76. The van der Waals surface area contributed by atoms with E-state index in [1.54, 1.807) is 0 Å². The van der Waals surface area contributed by atoms with Crippen LogP contribution in [0.2, 0.25) is 0 Å². The molecule has 0 bridgehead atoms. The van der Waals surface area contributed by atoms with E-state index < -0.39 is 0 Å². The summed E-state index contributed by atoms with van der Waals surface area (Å²) in [4.78, 5) is 0. The van der Waals surface area contributed by atoms with Crippen LogP contribution in [0.1, 0.15) is 64.5 Å². The Morgan fingerprint density at radius 3 is 2.62 bits per heavy atom. The van der Waals surface area contributed by atoms with E-state index in [2.05, 4.69) is 50.4 Å². The van der Waals surface area contributed by atoms with E-state index in [0.29, 0.717) is 6.04 Å². The molecular formula is C19H31NO. The van der Waals surface area contributed by atoms with E-state index in [4.69, 9.17) is 4.74 Å². The highest BCUT2D eigenvalue weighted by Gasteiger charge is 2.32. The van der Waals surface area contributed by atoms with Crippen molar-refractivity contribution in [2.45, 2.75) is 58.9 Å². The van der Waals surface area contributed by atoms with Gasteiger partial charge >= 0.3 is 0 Å². The standard InChI is InChI=1S/C19H31NO/c1-4-15-11-7-8-12-16(15)19(20-5-2)17-13-9-10-14-18(17)21-6-3/h9-10,13-16,19-20H,4-8,11-12H2,1-3H3. The van der Waals surface area contributed by atoms with Gasteiger partial charge in [-0.2, -0.15) is 0 Å². The fourth-order valence-electron chi connectivity index (χ4n) is 3.92. The lowest BCUT2D eigenvalue weighted by Crippen LogP contribution is -2.34. The third kappa shape index (κ3) is 4.00. The van der Waals surface area contributed by atoms with Gasteiger partial charge in [-0.3, -0.25) is 0 Å². The third-order valence-electron chi connectivity index (χ3n) is 4.90. The Hall–Kier alpha value is -1.02. The lowest BCUT2D eigenvalue weighted by atomic mass is 9.72. The lowest BCUT2D eigenvalue weighted by Gasteiger charge is -2.38. The number of hydrogen-bond acceptors (Lipinski definition) is 2. The molecule has 2 rings (SSSR count). The van der Waals surface area contributed by atoms with Crippen molar-refractivity contribution in [3.63, 3.8) is 0 Å². The van der Waals surface area contributed by atoms with Gasteiger partial charge in [0.1, 0.15) is 5.75 Å². The van der Waals surface area contributed by atoms with E-state index in [9.17, 15) is 0 Å². The number of rotatable bonds is 7. The van der Waals surface area contributed by atoms with Crippen LogP contribution in [0.25, 0.3) is 0 Å². The van der Waals surface area contributed by atoms with Gasteiger partial charge in [-0.05, 0) is 37.8 Å². The van der Waals surface area contributed by atoms with Crippen molar-refractivity contribution in [3.05, 3.63) is 29.8 Å². The number of hydrogen-bond donors (Lipinski definition) is 1. The topological polar surface area (TPSA) is 21.3 Å². The van der Waals surface area contributed by atoms with Crippen molar-refractivity contribution in [1.29, 1.82) is 0 Å². The van der Waals surface area contributed by atoms with Crippen molar-refractivity contribution in [3.8, 4) is 5.75 Å². The molecular weight excluding hydrogens is 258 g/mol. The summed E-state index contributed by atoms with van der Waals surface area (Å²) in [6.45, 7) is 8.37. The Bertz CT molecular complexity index is 418. The SMILES string of the molecule is CCNC(c1ccccc1OCC)C1CCCCC1CC. The maximum absolute atomic E-state index is 5.88. The first-order chi connectivity index (χ1) is 10.3. The molecule has 2 nitrogen and oxygen atoms in total. The summed E-state index contributed by atoms with van der Waals surface area (Å²) in [6.07, 6.45) is 6.81. The summed E-state index contributed by atoms with van der Waals surface area (Å²) in [7, 11) is 0. The summed E-state index contributed by atoms with van der Waals surface area (Å²) in [5, 5.41) is 3.75. The monoisotopic (exact) mass is 289 g/mol. The molecule has 3 unspecified atom stereocenters. The molecule has 0 heterocycles. The molecule has 1 aromatic rings. The largest absolute Gasteiger partial charge is 0.494 e. The molecule has 2 heteroatoms. The molecule has 0 amide bonds. The average Bonchev–Trinajstić information content (AvgIpc) is 2.54. The highest BCUT2D eigenvalue weighted by Crippen LogP contribution is 2.42. The molecule has 1 saturated carbocycles. The van der Waals surface area contributed by atoms with E-state index in [0.717, 1.165) is 30.7 Å². The number of nitrogens with one attached hydrogen (secondary N) is 1. The Kier molecular flexibility index (Phi) is 6.56. The second-order valence-electron chi connectivity index (χ2n) is 6.12. The Morgan fingerprint density at radius 1 is 1.14 bits per heavy atom. The summed E-state index contributed by atoms with van der Waals surface area (Å²) < 4.78 is 5.88.